The molecule has 4 heterocycles. The molecule has 1 aliphatic carbocycles. The van der Waals surface area contributed by atoms with Crippen molar-refractivity contribution >= 4 is 23.7 Å². The molecule has 2 aromatic rings. The van der Waals surface area contributed by atoms with Gasteiger partial charge >= 0.3 is 6.09 Å². The number of likely N-dealkylation sites (tertiary alicyclic amines) is 1. The first-order valence-corrected chi connectivity index (χ1v) is 9.48. The molecular formula is C18H23N7O2. The Morgan fingerprint density at radius 1 is 1.30 bits per heavy atom. The summed E-state index contributed by atoms with van der Waals surface area (Å²) < 4.78 is 0. The zero-order chi connectivity index (χ0) is 18.4. The first-order valence-electron chi connectivity index (χ1n) is 9.48. The third kappa shape index (κ3) is 3.17. The molecule has 27 heavy (non-hydrogen) atoms. The van der Waals surface area contributed by atoms with E-state index in [1.54, 1.807) is 6.20 Å². The van der Waals surface area contributed by atoms with E-state index in [1.807, 2.05) is 12.1 Å². The molecule has 9 nitrogen and oxygen atoms in total. The van der Waals surface area contributed by atoms with E-state index >= 15 is 0 Å². The van der Waals surface area contributed by atoms with Gasteiger partial charge in [0, 0.05) is 55.5 Å². The fraction of sp³-hybridized carbons (Fsp3) is 0.556. The standard InChI is InChI=1S/C18H23N7O2/c26-17(27)24-7-1-5-18(9-24)10-25(11-18)16-19-6-4-14(21-16)20-15-8-13(22-23-15)12-2-3-12/h4,6,8,12H,1-3,5,7,9-11H2,(H,26,27)(H2,19,20,21,22,23). The summed E-state index contributed by atoms with van der Waals surface area (Å²) in [6.07, 6.45) is 5.37. The maximum Gasteiger partial charge on any atom is 0.407 e. The van der Waals surface area contributed by atoms with Crippen molar-refractivity contribution in [2.75, 3.05) is 36.4 Å². The molecule has 2 aromatic heterocycles. The second kappa shape index (κ2) is 6.11. The van der Waals surface area contributed by atoms with Crippen molar-refractivity contribution in [3.05, 3.63) is 24.0 Å². The molecule has 0 atom stereocenters. The van der Waals surface area contributed by atoms with Crippen molar-refractivity contribution < 1.29 is 9.90 Å². The second-order valence-corrected chi connectivity index (χ2v) is 8.01. The summed E-state index contributed by atoms with van der Waals surface area (Å²) in [5.74, 6) is 2.79. The van der Waals surface area contributed by atoms with Gasteiger partial charge in [-0.2, -0.15) is 10.1 Å². The van der Waals surface area contributed by atoms with Crippen LogP contribution in [-0.2, 0) is 0 Å². The Labute approximate surface area is 156 Å². The Hall–Kier alpha value is -2.84. The number of hydrogen-bond acceptors (Lipinski definition) is 6. The average molecular weight is 369 g/mol. The summed E-state index contributed by atoms with van der Waals surface area (Å²) >= 11 is 0. The normalized spacial score (nSPS) is 21.2. The monoisotopic (exact) mass is 369 g/mol. The van der Waals surface area contributed by atoms with Gasteiger partial charge in [0.15, 0.2) is 5.82 Å². The van der Waals surface area contributed by atoms with Crippen molar-refractivity contribution in [2.45, 2.75) is 31.6 Å². The third-order valence-corrected chi connectivity index (χ3v) is 5.78. The highest BCUT2D eigenvalue weighted by Gasteiger charge is 2.47. The molecule has 0 unspecified atom stereocenters. The number of rotatable bonds is 4. The lowest BCUT2D eigenvalue weighted by Gasteiger charge is -2.54. The number of H-pyrrole nitrogens is 1. The lowest BCUT2D eigenvalue weighted by atomic mass is 9.73. The lowest BCUT2D eigenvalue weighted by molar-refractivity contribution is 0.0580. The molecule has 2 aliphatic heterocycles. The topological polar surface area (TPSA) is 110 Å². The predicted molar refractivity (Wildman–Crippen MR) is 99.4 cm³/mol. The molecule has 0 bridgehead atoms. The van der Waals surface area contributed by atoms with E-state index in [1.165, 1.54) is 23.4 Å². The van der Waals surface area contributed by atoms with Crippen LogP contribution < -0.4 is 10.2 Å². The van der Waals surface area contributed by atoms with E-state index in [4.69, 9.17) is 0 Å². The van der Waals surface area contributed by atoms with Gasteiger partial charge in [-0.25, -0.2) is 9.78 Å². The summed E-state index contributed by atoms with van der Waals surface area (Å²) in [6.45, 7) is 2.84. The molecule has 3 N–H and O–H groups in total. The number of amides is 1. The second-order valence-electron chi connectivity index (χ2n) is 8.01. The van der Waals surface area contributed by atoms with Gasteiger partial charge in [0.1, 0.15) is 5.82 Å². The van der Waals surface area contributed by atoms with Crippen molar-refractivity contribution in [1.29, 1.82) is 0 Å². The predicted octanol–water partition coefficient (Wildman–Crippen LogP) is 2.40. The fourth-order valence-corrected chi connectivity index (χ4v) is 4.24. The van der Waals surface area contributed by atoms with Crippen LogP contribution in [0.15, 0.2) is 18.3 Å². The van der Waals surface area contributed by atoms with Gasteiger partial charge in [-0.1, -0.05) is 0 Å². The summed E-state index contributed by atoms with van der Waals surface area (Å²) in [6, 6.07) is 3.87. The van der Waals surface area contributed by atoms with Crippen LogP contribution >= 0.6 is 0 Å². The minimum absolute atomic E-state index is 0.0464. The lowest BCUT2D eigenvalue weighted by Crippen LogP contribution is -2.64. The van der Waals surface area contributed by atoms with Crippen molar-refractivity contribution in [1.82, 2.24) is 25.1 Å². The van der Waals surface area contributed by atoms with Crippen LogP contribution in [0.2, 0.25) is 0 Å². The number of hydrogen-bond donors (Lipinski definition) is 3. The highest BCUT2D eigenvalue weighted by atomic mass is 16.4. The Morgan fingerprint density at radius 2 is 2.15 bits per heavy atom. The third-order valence-electron chi connectivity index (χ3n) is 5.78. The van der Waals surface area contributed by atoms with E-state index < -0.39 is 6.09 Å². The molecule has 2 saturated heterocycles. The van der Waals surface area contributed by atoms with Crippen LogP contribution in [0.5, 0.6) is 0 Å². The van der Waals surface area contributed by atoms with Crippen LogP contribution in [0, 0.1) is 5.41 Å². The highest BCUT2D eigenvalue weighted by Crippen LogP contribution is 2.41. The molecule has 0 radical (unpaired) electrons. The highest BCUT2D eigenvalue weighted by molar-refractivity contribution is 5.65. The number of nitrogens with one attached hydrogen (secondary N) is 2. The van der Waals surface area contributed by atoms with Gasteiger partial charge in [0.25, 0.3) is 0 Å². The van der Waals surface area contributed by atoms with Crippen molar-refractivity contribution in [2.24, 2.45) is 5.41 Å². The van der Waals surface area contributed by atoms with Crippen molar-refractivity contribution in [3.63, 3.8) is 0 Å². The van der Waals surface area contributed by atoms with Crippen LogP contribution in [0.25, 0.3) is 0 Å². The minimum atomic E-state index is -0.820. The van der Waals surface area contributed by atoms with Crippen LogP contribution in [-0.4, -0.2) is 62.4 Å². The minimum Gasteiger partial charge on any atom is -0.465 e. The fourth-order valence-electron chi connectivity index (χ4n) is 4.24. The molecule has 5 rings (SSSR count). The number of nitrogens with zero attached hydrogens (tertiary/aromatic N) is 5. The summed E-state index contributed by atoms with van der Waals surface area (Å²) in [7, 11) is 0. The van der Waals surface area contributed by atoms with Gasteiger partial charge in [-0.3, -0.25) is 5.10 Å². The van der Waals surface area contributed by atoms with Crippen LogP contribution in [0.4, 0.5) is 22.4 Å². The molecule has 9 heteroatoms. The Balaban J connectivity index is 1.24. The van der Waals surface area contributed by atoms with E-state index in [0.29, 0.717) is 30.8 Å². The number of aromatic nitrogens is 4. The first kappa shape index (κ1) is 16.3. The first-order chi connectivity index (χ1) is 13.1. The number of anilines is 3. The van der Waals surface area contributed by atoms with Crippen molar-refractivity contribution in [3.8, 4) is 0 Å². The maximum atomic E-state index is 11.3. The smallest absolute Gasteiger partial charge is 0.407 e. The van der Waals surface area contributed by atoms with Gasteiger partial charge in [0.2, 0.25) is 5.95 Å². The van der Waals surface area contributed by atoms with E-state index in [0.717, 1.165) is 31.7 Å². The van der Waals surface area contributed by atoms with Gasteiger partial charge in [0.05, 0.1) is 0 Å². The summed E-state index contributed by atoms with van der Waals surface area (Å²) in [5.41, 5.74) is 1.22. The van der Waals surface area contributed by atoms with Gasteiger partial charge in [-0.05, 0) is 31.7 Å². The van der Waals surface area contributed by atoms with Crippen LogP contribution in [0.1, 0.15) is 37.3 Å². The molecule has 3 fully saturated rings. The van der Waals surface area contributed by atoms with Gasteiger partial charge < -0.3 is 20.2 Å². The number of aromatic amines is 1. The van der Waals surface area contributed by atoms with Gasteiger partial charge in [-0.15, -0.1) is 0 Å². The molecule has 0 aromatic carbocycles. The SMILES string of the molecule is O=C(O)N1CCCC2(C1)CN(c1nccc(Nc3cc(C4CC4)[nH]n3)n1)C2. The summed E-state index contributed by atoms with van der Waals surface area (Å²) in [5, 5.41) is 19.9. The molecule has 142 valence electrons. The quantitative estimate of drug-likeness (QED) is 0.759. The maximum absolute atomic E-state index is 11.3. The van der Waals surface area contributed by atoms with E-state index in [-0.39, 0.29) is 5.41 Å². The molecule has 1 spiro atoms. The number of carboxylic acid groups (broad SMARTS) is 1. The Kier molecular flexibility index (Phi) is 3.70. The Morgan fingerprint density at radius 3 is 2.93 bits per heavy atom. The zero-order valence-electron chi connectivity index (χ0n) is 15.1. The van der Waals surface area contributed by atoms with E-state index in [2.05, 4.69) is 30.4 Å². The molecular weight excluding hydrogens is 346 g/mol. The molecule has 1 saturated carbocycles. The molecule has 3 aliphatic rings. The number of piperidine rings is 1. The van der Waals surface area contributed by atoms with Crippen LogP contribution in [0.3, 0.4) is 0 Å². The summed E-state index contributed by atoms with van der Waals surface area (Å²) in [4.78, 5) is 23.9. The molecule has 1 amide bonds. The Bertz CT molecular complexity index is 857. The van der Waals surface area contributed by atoms with E-state index in [9.17, 15) is 9.90 Å². The number of carbonyl (C=O) groups is 1. The zero-order valence-corrected chi connectivity index (χ0v) is 15.1. The largest absolute Gasteiger partial charge is 0.465 e. The average Bonchev–Trinajstić information content (AvgIpc) is 3.40.